The first kappa shape index (κ1) is 18.2. The van der Waals surface area contributed by atoms with Crippen molar-refractivity contribution in [3.63, 3.8) is 0 Å². The third-order valence-electron chi connectivity index (χ3n) is 3.70. The lowest BCUT2D eigenvalue weighted by atomic mass is 10.2. The minimum Gasteiger partial charge on any atom is -0.492 e. The van der Waals surface area contributed by atoms with Crippen LogP contribution in [0.1, 0.15) is 17.3 Å². The Labute approximate surface area is 157 Å². The zero-order valence-corrected chi connectivity index (χ0v) is 15.1. The van der Waals surface area contributed by atoms with E-state index in [1.165, 1.54) is 13.4 Å². The van der Waals surface area contributed by atoms with Crippen LogP contribution in [-0.2, 0) is 4.74 Å². The molecule has 1 heterocycles. The fourth-order valence-corrected chi connectivity index (χ4v) is 2.44. The molecule has 0 unspecified atom stereocenters. The van der Waals surface area contributed by atoms with E-state index in [2.05, 4.69) is 20.6 Å². The van der Waals surface area contributed by atoms with Crippen molar-refractivity contribution in [2.24, 2.45) is 0 Å². The molecule has 0 bridgehead atoms. The van der Waals surface area contributed by atoms with Crippen LogP contribution in [-0.4, -0.2) is 29.7 Å². The molecule has 27 heavy (non-hydrogen) atoms. The fourth-order valence-electron chi connectivity index (χ4n) is 2.44. The van der Waals surface area contributed by atoms with E-state index in [4.69, 9.17) is 9.47 Å². The lowest BCUT2D eigenvalue weighted by Crippen LogP contribution is -2.02. The molecule has 3 aromatic rings. The number of esters is 1. The maximum absolute atomic E-state index is 11.5. The summed E-state index contributed by atoms with van der Waals surface area (Å²) in [6.45, 7) is 2.52. The topological polar surface area (TPSA) is 85.4 Å². The maximum Gasteiger partial charge on any atom is 0.337 e. The smallest absolute Gasteiger partial charge is 0.337 e. The van der Waals surface area contributed by atoms with Crippen molar-refractivity contribution in [3.05, 3.63) is 66.5 Å². The molecular weight excluding hydrogens is 344 g/mol. The van der Waals surface area contributed by atoms with E-state index in [0.29, 0.717) is 23.8 Å². The van der Waals surface area contributed by atoms with Gasteiger partial charge in [-0.05, 0) is 43.3 Å². The Hall–Kier alpha value is -3.61. The van der Waals surface area contributed by atoms with E-state index in [1.54, 1.807) is 30.3 Å². The molecule has 0 aliphatic carbocycles. The zero-order chi connectivity index (χ0) is 19.1. The molecule has 138 valence electrons. The summed E-state index contributed by atoms with van der Waals surface area (Å²) in [6, 6.07) is 16.4. The van der Waals surface area contributed by atoms with Crippen LogP contribution in [0.4, 0.5) is 23.0 Å². The molecule has 2 aromatic carbocycles. The van der Waals surface area contributed by atoms with Gasteiger partial charge < -0.3 is 20.1 Å². The monoisotopic (exact) mass is 364 g/mol. The number of benzene rings is 2. The average Bonchev–Trinajstić information content (AvgIpc) is 2.70. The fraction of sp³-hybridized carbons (Fsp3) is 0.150. The van der Waals surface area contributed by atoms with Crippen molar-refractivity contribution < 1.29 is 14.3 Å². The second-order valence-electron chi connectivity index (χ2n) is 5.54. The minimum absolute atomic E-state index is 0.372. The van der Waals surface area contributed by atoms with Gasteiger partial charge in [-0.3, -0.25) is 0 Å². The van der Waals surface area contributed by atoms with Crippen LogP contribution in [0.3, 0.4) is 0 Å². The van der Waals surface area contributed by atoms with E-state index in [1.807, 2.05) is 31.2 Å². The predicted molar refractivity (Wildman–Crippen MR) is 104 cm³/mol. The van der Waals surface area contributed by atoms with E-state index in [-0.39, 0.29) is 5.97 Å². The second kappa shape index (κ2) is 8.66. The third-order valence-corrected chi connectivity index (χ3v) is 3.70. The molecule has 7 heteroatoms. The number of rotatable bonds is 7. The van der Waals surface area contributed by atoms with Crippen molar-refractivity contribution >= 4 is 29.0 Å². The Morgan fingerprint density at radius 3 is 2.41 bits per heavy atom. The zero-order valence-electron chi connectivity index (χ0n) is 15.1. The molecule has 3 rings (SSSR count). The van der Waals surface area contributed by atoms with Gasteiger partial charge in [0.25, 0.3) is 0 Å². The predicted octanol–water partition coefficient (Wildman–Crippen LogP) is 4.15. The van der Waals surface area contributed by atoms with Crippen LogP contribution in [0, 0.1) is 0 Å². The van der Waals surface area contributed by atoms with Crippen LogP contribution >= 0.6 is 0 Å². The second-order valence-corrected chi connectivity index (χ2v) is 5.54. The normalized spacial score (nSPS) is 10.1. The molecule has 0 saturated heterocycles. The highest BCUT2D eigenvalue weighted by atomic mass is 16.5. The van der Waals surface area contributed by atoms with E-state index in [9.17, 15) is 4.79 Å². The quantitative estimate of drug-likeness (QED) is 0.609. The van der Waals surface area contributed by atoms with Crippen molar-refractivity contribution in [1.29, 1.82) is 0 Å². The summed E-state index contributed by atoms with van der Waals surface area (Å²) in [5.74, 6) is 1.63. The standard InChI is InChI=1S/C20H20N4O3/c1-3-27-17-7-5-4-6-16(17)24-19-12-18(21-13-22-19)23-15-10-8-14(9-11-15)20(25)26-2/h4-13H,3H2,1-2H3,(H2,21,22,23,24). The van der Waals surface area contributed by atoms with Gasteiger partial charge in [0, 0.05) is 11.8 Å². The number of hydrogen-bond donors (Lipinski definition) is 2. The molecule has 0 amide bonds. The van der Waals surface area contributed by atoms with Gasteiger partial charge in [-0.1, -0.05) is 12.1 Å². The summed E-state index contributed by atoms with van der Waals surface area (Å²) in [5, 5.41) is 6.42. The summed E-state index contributed by atoms with van der Waals surface area (Å²) >= 11 is 0. The molecule has 0 fully saturated rings. The summed E-state index contributed by atoms with van der Waals surface area (Å²) in [4.78, 5) is 20.0. The van der Waals surface area contributed by atoms with E-state index < -0.39 is 0 Å². The molecule has 0 atom stereocenters. The molecular formula is C20H20N4O3. The Morgan fingerprint density at radius 1 is 1.00 bits per heavy atom. The van der Waals surface area contributed by atoms with Gasteiger partial charge in [0.15, 0.2) is 0 Å². The molecule has 0 saturated carbocycles. The summed E-state index contributed by atoms with van der Waals surface area (Å²) in [7, 11) is 1.35. The van der Waals surface area contributed by atoms with Crippen LogP contribution in [0.5, 0.6) is 5.75 Å². The lowest BCUT2D eigenvalue weighted by molar-refractivity contribution is 0.0601. The number of hydrogen-bond acceptors (Lipinski definition) is 7. The maximum atomic E-state index is 11.5. The van der Waals surface area contributed by atoms with Gasteiger partial charge in [0.1, 0.15) is 23.7 Å². The number of nitrogens with one attached hydrogen (secondary N) is 2. The number of aromatic nitrogens is 2. The largest absolute Gasteiger partial charge is 0.492 e. The average molecular weight is 364 g/mol. The minimum atomic E-state index is -0.372. The highest BCUT2D eigenvalue weighted by Gasteiger charge is 2.07. The Kier molecular flexibility index (Phi) is 5.84. The molecule has 0 aliphatic heterocycles. The van der Waals surface area contributed by atoms with Gasteiger partial charge in [-0.2, -0.15) is 0 Å². The first-order valence-corrected chi connectivity index (χ1v) is 8.46. The van der Waals surface area contributed by atoms with E-state index >= 15 is 0 Å². The van der Waals surface area contributed by atoms with Gasteiger partial charge in [0.05, 0.1) is 25.0 Å². The number of ether oxygens (including phenoxy) is 2. The molecule has 0 radical (unpaired) electrons. The van der Waals surface area contributed by atoms with Gasteiger partial charge >= 0.3 is 5.97 Å². The van der Waals surface area contributed by atoms with Crippen LogP contribution < -0.4 is 15.4 Å². The van der Waals surface area contributed by atoms with Gasteiger partial charge in [-0.15, -0.1) is 0 Å². The molecule has 1 aromatic heterocycles. The van der Waals surface area contributed by atoms with Crippen molar-refractivity contribution in [2.45, 2.75) is 6.92 Å². The number of methoxy groups -OCH3 is 1. The van der Waals surface area contributed by atoms with Crippen LogP contribution in [0.25, 0.3) is 0 Å². The number of anilines is 4. The number of para-hydroxylation sites is 2. The van der Waals surface area contributed by atoms with Gasteiger partial charge in [0.2, 0.25) is 0 Å². The van der Waals surface area contributed by atoms with Gasteiger partial charge in [-0.25, -0.2) is 14.8 Å². The highest BCUT2D eigenvalue weighted by Crippen LogP contribution is 2.27. The Bertz CT molecular complexity index is 913. The number of nitrogens with zero attached hydrogens (tertiary/aromatic N) is 2. The SMILES string of the molecule is CCOc1ccccc1Nc1cc(Nc2ccc(C(=O)OC)cc2)ncn1. The van der Waals surface area contributed by atoms with Crippen LogP contribution in [0.2, 0.25) is 0 Å². The first-order chi connectivity index (χ1) is 13.2. The Balaban J connectivity index is 1.73. The van der Waals surface area contributed by atoms with E-state index in [0.717, 1.165) is 17.1 Å². The number of carbonyl (C=O) groups excluding carboxylic acids is 1. The van der Waals surface area contributed by atoms with Crippen molar-refractivity contribution in [2.75, 3.05) is 24.4 Å². The molecule has 7 nitrogen and oxygen atoms in total. The molecule has 0 aliphatic rings. The molecule has 2 N–H and O–H groups in total. The Morgan fingerprint density at radius 2 is 1.70 bits per heavy atom. The summed E-state index contributed by atoms with van der Waals surface area (Å²) in [6.07, 6.45) is 1.47. The number of carbonyl (C=O) groups is 1. The lowest BCUT2D eigenvalue weighted by Gasteiger charge is -2.12. The van der Waals surface area contributed by atoms with Crippen molar-refractivity contribution in [1.82, 2.24) is 9.97 Å². The summed E-state index contributed by atoms with van der Waals surface area (Å²) in [5.41, 5.74) is 2.11. The molecule has 0 spiro atoms. The van der Waals surface area contributed by atoms with Crippen LogP contribution in [0.15, 0.2) is 60.9 Å². The first-order valence-electron chi connectivity index (χ1n) is 8.46. The highest BCUT2D eigenvalue weighted by molar-refractivity contribution is 5.89. The van der Waals surface area contributed by atoms with Crippen molar-refractivity contribution in [3.8, 4) is 5.75 Å². The summed E-state index contributed by atoms with van der Waals surface area (Å²) < 4.78 is 10.3. The third kappa shape index (κ3) is 4.72.